The van der Waals surface area contributed by atoms with Gasteiger partial charge in [-0.2, -0.15) is 0 Å². The van der Waals surface area contributed by atoms with Crippen molar-refractivity contribution in [1.82, 2.24) is 0 Å². The van der Waals surface area contributed by atoms with Crippen molar-refractivity contribution >= 4 is 27.3 Å². The molecule has 0 amide bonds. The molecule has 0 heterocycles. The fourth-order valence-electron chi connectivity index (χ4n) is 1.99. The van der Waals surface area contributed by atoms with Crippen LogP contribution in [0.5, 0.6) is 0 Å². The Bertz CT molecular complexity index is 639. The van der Waals surface area contributed by atoms with Crippen molar-refractivity contribution in [2.24, 2.45) is 0 Å². The summed E-state index contributed by atoms with van der Waals surface area (Å²) in [6, 6.07) is 11.5. The fraction of sp³-hybridized carbons (Fsp3) is 0.200. The van der Waals surface area contributed by atoms with Gasteiger partial charge in [0, 0.05) is 28.3 Å². The number of hydrogen-bond donors (Lipinski definition) is 1. The molecule has 0 aliphatic heterocycles. The molecule has 104 valence electrons. The van der Waals surface area contributed by atoms with Gasteiger partial charge >= 0.3 is 0 Å². The zero-order valence-corrected chi connectivity index (χ0v) is 12.9. The summed E-state index contributed by atoms with van der Waals surface area (Å²) in [6.45, 7) is 4.31. The van der Waals surface area contributed by atoms with E-state index >= 15 is 0 Å². The van der Waals surface area contributed by atoms with Crippen LogP contribution in [0, 0.1) is 24.0 Å². The van der Waals surface area contributed by atoms with Crippen LogP contribution < -0.4 is 5.32 Å². The van der Waals surface area contributed by atoms with E-state index in [1.54, 1.807) is 13.0 Å². The summed E-state index contributed by atoms with van der Waals surface area (Å²) in [5.74, 6) is 0. The van der Waals surface area contributed by atoms with Crippen LogP contribution in [0.3, 0.4) is 0 Å². The molecule has 0 radical (unpaired) electrons. The number of anilines is 1. The molecular formula is C15H15BrN2O2. The molecule has 20 heavy (non-hydrogen) atoms. The van der Waals surface area contributed by atoms with E-state index < -0.39 is 0 Å². The first-order chi connectivity index (χ1) is 9.47. The second kappa shape index (κ2) is 6.05. The average Bonchev–Trinajstić information content (AvgIpc) is 2.41. The molecule has 4 nitrogen and oxygen atoms in total. The van der Waals surface area contributed by atoms with Crippen molar-refractivity contribution < 1.29 is 4.92 Å². The Morgan fingerprint density at radius 2 is 1.80 bits per heavy atom. The van der Waals surface area contributed by atoms with Gasteiger partial charge in [0.15, 0.2) is 0 Å². The summed E-state index contributed by atoms with van der Waals surface area (Å²) in [7, 11) is 0. The molecule has 5 heteroatoms. The highest BCUT2D eigenvalue weighted by molar-refractivity contribution is 9.10. The van der Waals surface area contributed by atoms with Crippen molar-refractivity contribution in [2.75, 3.05) is 5.32 Å². The van der Waals surface area contributed by atoms with Crippen LogP contribution in [0.4, 0.5) is 11.4 Å². The lowest BCUT2D eigenvalue weighted by molar-refractivity contribution is -0.385. The Morgan fingerprint density at radius 1 is 1.15 bits per heavy atom. The van der Waals surface area contributed by atoms with Gasteiger partial charge < -0.3 is 5.32 Å². The molecule has 1 N–H and O–H groups in total. The summed E-state index contributed by atoms with van der Waals surface area (Å²) in [5, 5.41) is 14.2. The van der Waals surface area contributed by atoms with E-state index in [9.17, 15) is 10.1 Å². The van der Waals surface area contributed by atoms with Gasteiger partial charge in [0.05, 0.1) is 4.92 Å². The Kier molecular flexibility index (Phi) is 4.39. The first kappa shape index (κ1) is 14.5. The fourth-order valence-corrected chi connectivity index (χ4v) is 2.25. The predicted octanol–water partition coefficient (Wildman–Crippen LogP) is 4.59. The smallest absolute Gasteiger partial charge is 0.272 e. The number of nitro groups is 1. The topological polar surface area (TPSA) is 55.2 Å². The predicted molar refractivity (Wildman–Crippen MR) is 84.0 cm³/mol. The molecule has 0 atom stereocenters. The minimum atomic E-state index is -0.346. The maximum atomic E-state index is 10.9. The van der Waals surface area contributed by atoms with E-state index in [1.807, 2.05) is 37.3 Å². The molecular weight excluding hydrogens is 320 g/mol. The molecule has 0 spiro atoms. The second-order valence-electron chi connectivity index (χ2n) is 4.69. The maximum Gasteiger partial charge on any atom is 0.272 e. The van der Waals surface area contributed by atoms with Crippen LogP contribution >= 0.6 is 15.9 Å². The van der Waals surface area contributed by atoms with Gasteiger partial charge in [-0.1, -0.05) is 28.1 Å². The lowest BCUT2D eigenvalue weighted by atomic mass is 10.1. The van der Waals surface area contributed by atoms with Crippen LogP contribution in [0.1, 0.15) is 16.7 Å². The standard InChI is InChI=1S/C15H15BrN2O2/c1-10-8-15(18(19)20)11(2)7-14(10)17-9-12-3-5-13(16)6-4-12/h3-8,17H,9H2,1-2H3. The van der Waals surface area contributed by atoms with E-state index in [4.69, 9.17) is 0 Å². The van der Waals surface area contributed by atoms with Gasteiger partial charge in [-0.3, -0.25) is 10.1 Å². The van der Waals surface area contributed by atoms with Gasteiger partial charge in [-0.05, 0) is 43.2 Å². The van der Waals surface area contributed by atoms with Crippen LogP contribution in [0.25, 0.3) is 0 Å². The lowest BCUT2D eigenvalue weighted by Gasteiger charge is -2.11. The molecule has 0 aromatic heterocycles. The molecule has 2 rings (SSSR count). The number of hydrogen-bond acceptors (Lipinski definition) is 3. The second-order valence-corrected chi connectivity index (χ2v) is 5.61. The molecule has 0 aliphatic rings. The number of aryl methyl sites for hydroxylation is 2. The van der Waals surface area contributed by atoms with E-state index in [2.05, 4.69) is 21.2 Å². The normalized spacial score (nSPS) is 10.3. The summed E-state index contributed by atoms with van der Waals surface area (Å²) >= 11 is 3.40. The van der Waals surface area contributed by atoms with Crippen molar-refractivity contribution in [3.05, 3.63) is 67.7 Å². The van der Waals surface area contributed by atoms with Gasteiger partial charge in [0.1, 0.15) is 0 Å². The number of rotatable bonds is 4. The highest BCUT2D eigenvalue weighted by Crippen LogP contribution is 2.26. The highest BCUT2D eigenvalue weighted by Gasteiger charge is 2.12. The number of nitrogens with zero attached hydrogens (tertiary/aromatic N) is 1. The summed E-state index contributed by atoms with van der Waals surface area (Å²) in [5.41, 5.74) is 3.79. The van der Waals surface area contributed by atoms with Gasteiger partial charge in [0.25, 0.3) is 5.69 Å². The molecule has 2 aromatic rings. The third-order valence-corrected chi connectivity index (χ3v) is 3.66. The zero-order chi connectivity index (χ0) is 14.7. The Labute approximate surface area is 126 Å². The van der Waals surface area contributed by atoms with E-state index in [0.29, 0.717) is 12.1 Å². The van der Waals surface area contributed by atoms with Crippen LogP contribution in [0.15, 0.2) is 40.9 Å². The summed E-state index contributed by atoms with van der Waals surface area (Å²) in [6.07, 6.45) is 0. The Morgan fingerprint density at radius 3 is 2.40 bits per heavy atom. The molecule has 0 saturated heterocycles. The monoisotopic (exact) mass is 334 g/mol. The summed E-state index contributed by atoms with van der Waals surface area (Å²) < 4.78 is 1.05. The first-order valence-corrected chi connectivity index (χ1v) is 7.00. The largest absolute Gasteiger partial charge is 0.381 e. The van der Waals surface area contributed by atoms with E-state index in [1.165, 1.54) is 0 Å². The number of nitrogens with one attached hydrogen (secondary N) is 1. The molecule has 0 unspecified atom stereocenters. The molecule has 0 saturated carbocycles. The van der Waals surface area contributed by atoms with Gasteiger partial charge in [-0.15, -0.1) is 0 Å². The third kappa shape index (κ3) is 3.36. The molecule has 0 bridgehead atoms. The maximum absolute atomic E-state index is 10.9. The van der Waals surface area contributed by atoms with Crippen LogP contribution in [-0.2, 0) is 6.54 Å². The van der Waals surface area contributed by atoms with Crippen molar-refractivity contribution in [2.45, 2.75) is 20.4 Å². The van der Waals surface area contributed by atoms with Crippen LogP contribution in [0.2, 0.25) is 0 Å². The third-order valence-electron chi connectivity index (χ3n) is 3.14. The quantitative estimate of drug-likeness (QED) is 0.657. The zero-order valence-electron chi connectivity index (χ0n) is 11.3. The summed E-state index contributed by atoms with van der Waals surface area (Å²) in [4.78, 5) is 10.5. The van der Waals surface area contributed by atoms with Gasteiger partial charge in [-0.25, -0.2) is 0 Å². The minimum Gasteiger partial charge on any atom is -0.381 e. The molecule has 0 aliphatic carbocycles. The number of benzene rings is 2. The number of halogens is 1. The highest BCUT2D eigenvalue weighted by atomic mass is 79.9. The Balaban J connectivity index is 2.16. The number of nitro benzene ring substituents is 1. The average molecular weight is 335 g/mol. The Hall–Kier alpha value is -1.88. The first-order valence-electron chi connectivity index (χ1n) is 6.21. The lowest BCUT2D eigenvalue weighted by Crippen LogP contribution is -2.02. The SMILES string of the molecule is Cc1cc([N+](=O)[O-])c(C)cc1NCc1ccc(Br)cc1. The van der Waals surface area contributed by atoms with Crippen molar-refractivity contribution in [3.63, 3.8) is 0 Å². The van der Waals surface area contributed by atoms with Gasteiger partial charge in [0.2, 0.25) is 0 Å². The molecule has 0 fully saturated rings. The minimum absolute atomic E-state index is 0.164. The molecule has 2 aromatic carbocycles. The van der Waals surface area contributed by atoms with E-state index in [-0.39, 0.29) is 10.6 Å². The van der Waals surface area contributed by atoms with E-state index in [0.717, 1.165) is 21.3 Å². The van der Waals surface area contributed by atoms with Crippen molar-refractivity contribution in [3.8, 4) is 0 Å². The van der Waals surface area contributed by atoms with Crippen LogP contribution in [-0.4, -0.2) is 4.92 Å². The van der Waals surface area contributed by atoms with Crippen molar-refractivity contribution in [1.29, 1.82) is 0 Å².